The van der Waals surface area contributed by atoms with Crippen LogP contribution in [0.3, 0.4) is 0 Å². The topological polar surface area (TPSA) is 30.7 Å². The summed E-state index contributed by atoms with van der Waals surface area (Å²) in [7, 11) is 0. The van der Waals surface area contributed by atoms with Crippen molar-refractivity contribution in [3.05, 3.63) is 188 Å². The lowest BCUT2D eigenvalue weighted by Crippen LogP contribution is -1.95. The van der Waals surface area contributed by atoms with Gasteiger partial charge in [-0.15, -0.1) is 11.3 Å². The van der Waals surface area contributed by atoms with Gasteiger partial charge in [0.2, 0.25) is 0 Å². The number of hydrogen-bond acceptors (Lipinski definition) is 3. The van der Waals surface area contributed by atoms with Crippen LogP contribution in [0.5, 0.6) is 0 Å². The summed E-state index contributed by atoms with van der Waals surface area (Å²) in [6.07, 6.45) is 0. The lowest BCUT2D eigenvalue weighted by atomic mass is 9.98. The van der Waals surface area contributed by atoms with Gasteiger partial charge < -0.3 is 4.57 Å². The van der Waals surface area contributed by atoms with Crippen molar-refractivity contribution in [3.63, 3.8) is 0 Å². The summed E-state index contributed by atoms with van der Waals surface area (Å²) < 4.78 is 5.05. The SMILES string of the molecule is c1ccc(-c2nc(-c3ccccc3)c3cc(-c4ccc5c(c4)c4ccc(-c6ccc7sc8ccccc8c7c6)cc4n5-c4ccccc4)ccc3n2)cc1. The molecule has 3 aromatic heterocycles. The van der Waals surface area contributed by atoms with Gasteiger partial charge in [0.15, 0.2) is 5.82 Å². The Bertz CT molecular complexity index is 3200. The van der Waals surface area contributed by atoms with Crippen molar-refractivity contribution in [1.82, 2.24) is 14.5 Å². The van der Waals surface area contributed by atoms with Crippen LogP contribution in [0.15, 0.2) is 188 Å². The molecule has 0 amide bonds. The van der Waals surface area contributed by atoms with Crippen molar-refractivity contribution in [1.29, 1.82) is 0 Å². The van der Waals surface area contributed by atoms with Gasteiger partial charge in [-0.1, -0.05) is 127 Å². The van der Waals surface area contributed by atoms with E-state index < -0.39 is 0 Å². The summed E-state index contributed by atoms with van der Waals surface area (Å²) >= 11 is 1.86. The van der Waals surface area contributed by atoms with E-state index in [1.165, 1.54) is 53.1 Å². The molecular weight excluding hydrogens is 675 g/mol. The number of fused-ring (bicyclic) bond motifs is 7. The first-order chi connectivity index (χ1) is 26.7. The lowest BCUT2D eigenvalue weighted by Gasteiger charge is -2.12. The van der Waals surface area contributed by atoms with Gasteiger partial charge in [0.1, 0.15) is 0 Å². The summed E-state index contributed by atoms with van der Waals surface area (Å²) in [6, 6.07) is 67.4. The van der Waals surface area contributed by atoms with Crippen molar-refractivity contribution in [2.24, 2.45) is 0 Å². The van der Waals surface area contributed by atoms with Gasteiger partial charge in [0, 0.05) is 53.1 Å². The van der Waals surface area contributed by atoms with Gasteiger partial charge in [-0.3, -0.25) is 0 Å². The molecule has 3 heterocycles. The monoisotopic (exact) mass is 705 g/mol. The molecule has 0 fully saturated rings. The van der Waals surface area contributed by atoms with Crippen LogP contribution in [0.25, 0.3) is 103 Å². The van der Waals surface area contributed by atoms with Crippen LogP contribution in [0, 0.1) is 0 Å². The minimum atomic E-state index is 0.729. The molecule has 0 aliphatic carbocycles. The maximum Gasteiger partial charge on any atom is 0.160 e. The van der Waals surface area contributed by atoms with Crippen molar-refractivity contribution in [2.45, 2.75) is 0 Å². The van der Waals surface area contributed by atoms with Crippen LogP contribution in [0.1, 0.15) is 0 Å². The predicted molar refractivity (Wildman–Crippen MR) is 229 cm³/mol. The Hall–Kier alpha value is -6.88. The molecule has 8 aromatic carbocycles. The van der Waals surface area contributed by atoms with Crippen LogP contribution >= 0.6 is 11.3 Å². The first-order valence-corrected chi connectivity index (χ1v) is 19.1. The first-order valence-electron chi connectivity index (χ1n) is 18.2. The number of rotatable bonds is 5. The number of aromatic nitrogens is 3. The molecule has 0 atom stereocenters. The second-order valence-corrected chi connectivity index (χ2v) is 14.9. The summed E-state index contributed by atoms with van der Waals surface area (Å²) in [4.78, 5) is 10.2. The lowest BCUT2D eigenvalue weighted by molar-refractivity contribution is 1.18. The van der Waals surface area contributed by atoms with Gasteiger partial charge in [0.25, 0.3) is 0 Å². The zero-order chi connectivity index (χ0) is 35.6. The van der Waals surface area contributed by atoms with Gasteiger partial charge in [-0.25, -0.2) is 9.97 Å². The third-order valence-electron chi connectivity index (χ3n) is 10.6. The number of nitrogens with zero attached hydrogens (tertiary/aromatic N) is 3. The molecule has 0 saturated heterocycles. The van der Waals surface area contributed by atoms with Crippen molar-refractivity contribution < 1.29 is 0 Å². The molecule has 54 heavy (non-hydrogen) atoms. The smallest absolute Gasteiger partial charge is 0.160 e. The fourth-order valence-corrected chi connectivity index (χ4v) is 9.07. The van der Waals surface area contributed by atoms with Crippen molar-refractivity contribution in [2.75, 3.05) is 0 Å². The number of benzene rings is 8. The predicted octanol–water partition coefficient (Wildman–Crippen LogP) is 13.8. The van der Waals surface area contributed by atoms with E-state index in [9.17, 15) is 0 Å². The van der Waals surface area contributed by atoms with Crippen LogP contribution in [0.4, 0.5) is 0 Å². The van der Waals surface area contributed by atoms with E-state index in [1.807, 2.05) is 35.6 Å². The summed E-state index contributed by atoms with van der Waals surface area (Å²) in [5.74, 6) is 0.729. The van der Waals surface area contributed by atoms with E-state index in [1.54, 1.807) is 0 Å². The average molecular weight is 706 g/mol. The molecule has 0 N–H and O–H groups in total. The molecule has 0 aliphatic rings. The Balaban J connectivity index is 1.09. The standard InChI is InChI=1S/C50H31N3S/c1-4-12-32(13-5-1)49-43-30-34(21-25-44(43)51-50(52-49)33-14-6-2-7-15-33)35-22-26-45-41(28-35)39-24-20-37(31-46(39)53(45)38-16-8-3-9-17-38)36-23-27-48-42(29-36)40-18-10-11-19-47(40)54-48/h1-31H. The van der Waals surface area contributed by atoms with Crippen LogP contribution in [-0.2, 0) is 0 Å². The Morgan fingerprint density at radius 3 is 1.74 bits per heavy atom. The zero-order valence-corrected chi connectivity index (χ0v) is 30.0. The minimum Gasteiger partial charge on any atom is -0.309 e. The Kier molecular flexibility index (Phi) is 7.04. The summed E-state index contributed by atoms with van der Waals surface area (Å²) in [5.41, 5.74) is 12.2. The normalized spacial score (nSPS) is 11.7. The van der Waals surface area contributed by atoms with Gasteiger partial charge >= 0.3 is 0 Å². The maximum atomic E-state index is 5.15. The van der Waals surface area contributed by atoms with E-state index in [2.05, 4.69) is 168 Å². The first kappa shape index (κ1) is 30.7. The molecule has 0 aliphatic heterocycles. The van der Waals surface area contributed by atoms with Crippen LogP contribution < -0.4 is 0 Å². The molecule has 3 nitrogen and oxygen atoms in total. The molecule has 11 aromatic rings. The third-order valence-corrected chi connectivity index (χ3v) is 11.8. The Labute approximate surface area is 316 Å². The molecule has 252 valence electrons. The molecular formula is C50H31N3S. The van der Waals surface area contributed by atoms with Gasteiger partial charge in [-0.2, -0.15) is 0 Å². The maximum absolute atomic E-state index is 5.15. The third kappa shape index (κ3) is 5.03. The molecule has 4 heteroatoms. The molecule has 0 bridgehead atoms. The molecule has 0 radical (unpaired) electrons. The van der Waals surface area contributed by atoms with Crippen LogP contribution in [-0.4, -0.2) is 14.5 Å². The fourth-order valence-electron chi connectivity index (χ4n) is 7.98. The summed E-state index contributed by atoms with van der Waals surface area (Å²) in [5, 5.41) is 6.11. The second-order valence-electron chi connectivity index (χ2n) is 13.8. The largest absolute Gasteiger partial charge is 0.309 e. The molecule has 0 saturated carbocycles. The van der Waals surface area contributed by atoms with Gasteiger partial charge in [-0.05, 0) is 82.9 Å². The average Bonchev–Trinajstić information content (AvgIpc) is 3.78. The van der Waals surface area contributed by atoms with Crippen LogP contribution in [0.2, 0.25) is 0 Å². The van der Waals surface area contributed by atoms with Crippen molar-refractivity contribution >= 4 is 64.2 Å². The molecule has 0 unspecified atom stereocenters. The Morgan fingerprint density at radius 1 is 0.352 bits per heavy atom. The molecule has 0 spiro atoms. The van der Waals surface area contributed by atoms with E-state index in [0.29, 0.717) is 0 Å². The van der Waals surface area contributed by atoms with Gasteiger partial charge in [0.05, 0.1) is 22.2 Å². The second kappa shape index (κ2) is 12.4. The fraction of sp³-hybridized carbons (Fsp3) is 0. The highest BCUT2D eigenvalue weighted by Gasteiger charge is 2.17. The van der Waals surface area contributed by atoms with E-state index in [4.69, 9.17) is 9.97 Å². The highest BCUT2D eigenvalue weighted by molar-refractivity contribution is 7.25. The van der Waals surface area contributed by atoms with E-state index in [-0.39, 0.29) is 0 Å². The Morgan fingerprint density at radius 2 is 0.944 bits per heavy atom. The van der Waals surface area contributed by atoms with E-state index >= 15 is 0 Å². The number of thiophene rings is 1. The van der Waals surface area contributed by atoms with E-state index in [0.717, 1.165) is 50.4 Å². The van der Waals surface area contributed by atoms with Crippen molar-refractivity contribution in [3.8, 4) is 50.6 Å². The summed E-state index contributed by atoms with van der Waals surface area (Å²) in [6.45, 7) is 0. The highest BCUT2D eigenvalue weighted by atomic mass is 32.1. The number of hydrogen-bond donors (Lipinski definition) is 0. The zero-order valence-electron chi connectivity index (χ0n) is 29.1. The minimum absolute atomic E-state index is 0.729. The number of para-hydroxylation sites is 1. The molecule has 11 rings (SSSR count). The highest BCUT2D eigenvalue weighted by Crippen LogP contribution is 2.40. The quantitative estimate of drug-likeness (QED) is 0.178.